The van der Waals surface area contributed by atoms with Gasteiger partial charge in [-0.15, -0.1) is 5.10 Å². The van der Waals surface area contributed by atoms with E-state index in [-0.39, 0.29) is 11.2 Å². The van der Waals surface area contributed by atoms with Crippen LogP contribution in [-0.4, -0.2) is 19.6 Å². The summed E-state index contributed by atoms with van der Waals surface area (Å²) < 4.78 is 14.8. The summed E-state index contributed by atoms with van der Waals surface area (Å²) in [5.41, 5.74) is 4.34. The Morgan fingerprint density at radius 3 is 2.54 bits per heavy atom. The third kappa shape index (κ3) is 2.58. The molecule has 0 saturated heterocycles. The number of para-hydroxylation sites is 1. The largest absolute Gasteiger partial charge is 0.351 e. The topological polar surface area (TPSA) is 63.1 Å². The van der Waals surface area contributed by atoms with Gasteiger partial charge in [0.2, 0.25) is 0 Å². The van der Waals surface area contributed by atoms with Crippen molar-refractivity contribution in [3.05, 3.63) is 88.5 Å². The predicted octanol–water partition coefficient (Wildman–Crippen LogP) is 4.35. The van der Waals surface area contributed by atoms with Crippen molar-refractivity contribution >= 4 is 16.6 Å². The monoisotopic (exact) mass is 370 g/mol. The van der Waals surface area contributed by atoms with E-state index in [1.54, 1.807) is 29.6 Å². The molecule has 0 atom stereocenters. The number of hydrogen-bond donors (Lipinski definition) is 1. The first kappa shape index (κ1) is 16.4. The van der Waals surface area contributed by atoms with E-state index in [1.165, 1.54) is 12.1 Å². The summed E-state index contributed by atoms with van der Waals surface area (Å²) in [5, 5.41) is 5.20. The summed E-state index contributed by atoms with van der Waals surface area (Å²) in [4.78, 5) is 20.5. The molecule has 0 aliphatic heterocycles. The van der Waals surface area contributed by atoms with Crippen LogP contribution in [0, 0.1) is 12.7 Å². The van der Waals surface area contributed by atoms with E-state index in [0.29, 0.717) is 28.1 Å². The van der Waals surface area contributed by atoms with Crippen LogP contribution in [0.4, 0.5) is 4.39 Å². The molecule has 5 aromatic rings. The molecule has 5 nitrogen and oxygen atoms in total. The van der Waals surface area contributed by atoms with E-state index in [0.717, 1.165) is 16.6 Å². The molecule has 136 valence electrons. The fraction of sp³-hybridized carbons (Fsp3) is 0.0455. The Morgan fingerprint density at radius 1 is 0.964 bits per heavy atom. The molecule has 5 rings (SSSR count). The average Bonchev–Trinajstić information content (AvgIpc) is 3.14. The molecule has 0 fully saturated rings. The van der Waals surface area contributed by atoms with Gasteiger partial charge in [-0.3, -0.25) is 4.79 Å². The lowest BCUT2D eigenvalue weighted by Gasteiger charge is -2.04. The summed E-state index contributed by atoms with van der Waals surface area (Å²) in [6.07, 6.45) is 1.84. The summed E-state index contributed by atoms with van der Waals surface area (Å²) in [6, 6.07) is 17.4. The Kier molecular flexibility index (Phi) is 3.58. The first-order valence-electron chi connectivity index (χ1n) is 8.84. The van der Waals surface area contributed by atoms with E-state index in [9.17, 15) is 9.18 Å². The number of nitrogens with zero attached hydrogens (tertiary/aromatic N) is 3. The molecule has 3 heterocycles. The van der Waals surface area contributed by atoms with Crippen LogP contribution in [0.3, 0.4) is 0 Å². The molecule has 0 saturated carbocycles. The van der Waals surface area contributed by atoms with Crippen LogP contribution >= 0.6 is 0 Å². The Hall–Kier alpha value is -3.80. The third-order valence-electron chi connectivity index (χ3n) is 4.88. The summed E-state index contributed by atoms with van der Waals surface area (Å²) in [7, 11) is 0. The number of hydrogen-bond acceptors (Lipinski definition) is 3. The molecule has 0 bridgehead atoms. The Labute approximate surface area is 159 Å². The lowest BCUT2D eigenvalue weighted by Crippen LogP contribution is -2.09. The van der Waals surface area contributed by atoms with Crippen molar-refractivity contribution in [2.45, 2.75) is 6.92 Å². The van der Waals surface area contributed by atoms with Crippen molar-refractivity contribution in [3.63, 3.8) is 0 Å². The molecule has 0 aliphatic carbocycles. The summed E-state index contributed by atoms with van der Waals surface area (Å²) >= 11 is 0. The van der Waals surface area contributed by atoms with Crippen LogP contribution in [0.2, 0.25) is 0 Å². The zero-order valence-electron chi connectivity index (χ0n) is 15.0. The molecule has 0 amide bonds. The van der Waals surface area contributed by atoms with E-state index in [2.05, 4.69) is 15.1 Å². The van der Waals surface area contributed by atoms with Gasteiger partial charge in [0, 0.05) is 28.2 Å². The highest BCUT2D eigenvalue weighted by Gasteiger charge is 2.14. The van der Waals surface area contributed by atoms with E-state index < -0.39 is 0 Å². The van der Waals surface area contributed by atoms with Gasteiger partial charge in [-0.2, -0.15) is 0 Å². The van der Waals surface area contributed by atoms with Crippen molar-refractivity contribution in [1.29, 1.82) is 0 Å². The predicted molar refractivity (Wildman–Crippen MR) is 107 cm³/mol. The van der Waals surface area contributed by atoms with Gasteiger partial charge >= 0.3 is 0 Å². The van der Waals surface area contributed by atoms with Gasteiger partial charge < -0.3 is 4.98 Å². The standard InChI is InChI=1S/C22H15FN4O/c1-13-20(24-18-5-3-2-4-17(18)21(13)28)22-25-19-11-8-15(12-27(19)26-22)14-6-9-16(23)10-7-14/h2-12H,1H3,(H,24,28). The molecular weight excluding hydrogens is 355 g/mol. The first-order chi connectivity index (χ1) is 13.6. The normalized spacial score (nSPS) is 11.4. The smallest absolute Gasteiger partial charge is 0.198 e. The number of aromatic nitrogens is 4. The fourth-order valence-corrected chi connectivity index (χ4v) is 3.36. The highest BCUT2D eigenvalue weighted by molar-refractivity contribution is 5.82. The van der Waals surface area contributed by atoms with Crippen molar-refractivity contribution < 1.29 is 4.39 Å². The maximum Gasteiger partial charge on any atom is 0.198 e. The van der Waals surface area contributed by atoms with E-state index in [1.807, 2.05) is 36.5 Å². The third-order valence-corrected chi connectivity index (χ3v) is 4.88. The maximum absolute atomic E-state index is 13.2. The molecular formula is C22H15FN4O. The van der Waals surface area contributed by atoms with Crippen molar-refractivity contribution in [1.82, 2.24) is 19.6 Å². The maximum atomic E-state index is 13.2. The molecule has 0 aliphatic rings. The van der Waals surface area contributed by atoms with Gasteiger partial charge in [0.05, 0.1) is 5.69 Å². The minimum Gasteiger partial charge on any atom is -0.351 e. The zero-order valence-corrected chi connectivity index (χ0v) is 15.0. The molecule has 1 N–H and O–H groups in total. The number of nitrogens with one attached hydrogen (secondary N) is 1. The SMILES string of the molecule is Cc1c(-c2nc3ccc(-c4ccc(F)cc4)cn3n2)[nH]c2ccccc2c1=O. The van der Waals surface area contributed by atoms with Crippen LogP contribution in [0.25, 0.3) is 39.2 Å². The van der Waals surface area contributed by atoms with Gasteiger partial charge in [-0.25, -0.2) is 13.9 Å². The minimum atomic E-state index is -0.274. The lowest BCUT2D eigenvalue weighted by molar-refractivity contribution is 0.628. The molecule has 6 heteroatoms. The first-order valence-corrected chi connectivity index (χ1v) is 8.84. The van der Waals surface area contributed by atoms with Gasteiger partial charge in [0.25, 0.3) is 0 Å². The molecule has 2 aromatic carbocycles. The van der Waals surface area contributed by atoms with Gasteiger partial charge in [-0.1, -0.05) is 24.3 Å². The minimum absolute atomic E-state index is 0.0322. The van der Waals surface area contributed by atoms with Crippen LogP contribution < -0.4 is 5.43 Å². The van der Waals surface area contributed by atoms with E-state index >= 15 is 0 Å². The second-order valence-corrected chi connectivity index (χ2v) is 6.66. The number of rotatable bonds is 2. The Balaban J connectivity index is 1.66. The molecule has 0 radical (unpaired) electrons. The number of halogens is 1. The second-order valence-electron chi connectivity index (χ2n) is 6.66. The lowest BCUT2D eigenvalue weighted by atomic mass is 10.1. The molecule has 0 spiro atoms. The molecule has 3 aromatic heterocycles. The summed E-state index contributed by atoms with van der Waals surface area (Å²) in [6.45, 7) is 1.77. The number of aromatic amines is 1. The van der Waals surface area contributed by atoms with Gasteiger partial charge in [0.1, 0.15) is 5.82 Å². The Bertz CT molecular complexity index is 1400. The zero-order chi connectivity index (χ0) is 19.3. The second kappa shape index (κ2) is 6.13. The van der Waals surface area contributed by atoms with Crippen LogP contribution in [-0.2, 0) is 0 Å². The van der Waals surface area contributed by atoms with Crippen molar-refractivity contribution in [2.24, 2.45) is 0 Å². The van der Waals surface area contributed by atoms with Crippen LogP contribution in [0.5, 0.6) is 0 Å². The molecule has 28 heavy (non-hydrogen) atoms. The quantitative estimate of drug-likeness (QED) is 0.502. The van der Waals surface area contributed by atoms with Crippen LogP contribution in [0.1, 0.15) is 5.56 Å². The van der Waals surface area contributed by atoms with E-state index in [4.69, 9.17) is 0 Å². The average molecular weight is 370 g/mol. The highest BCUT2D eigenvalue weighted by atomic mass is 19.1. The highest BCUT2D eigenvalue weighted by Crippen LogP contribution is 2.23. The fourth-order valence-electron chi connectivity index (χ4n) is 3.36. The summed E-state index contributed by atoms with van der Waals surface area (Å²) in [5.74, 6) is 0.181. The number of pyridine rings is 2. The number of fused-ring (bicyclic) bond motifs is 2. The van der Waals surface area contributed by atoms with Crippen molar-refractivity contribution in [3.8, 4) is 22.6 Å². The van der Waals surface area contributed by atoms with Crippen molar-refractivity contribution in [2.75, 3.05) is 0 Å². The van der Waals surface area contributed by atoms with Crippen LogP contribution in [0.15, 0.2) is 71.7 Å². The Morgan fingerprint density at radius 2 is 1.71 bits per heavy atom. The van der Waals surface area contributed by atoms with Gasteiger partial charge in [0.15, 0.2) is 16.9 Å². The number of benzene rings is 2. The molecule has 0 unspecified atom stereocenters. The van der Waals surface area contributed by atoms with Gasteiger partial charge in [-0.05, 0) is 48.9 Å². The number of H-pyrrole nitrogens is 1.